The van der Waals surface area contributed by atoms with Crippen LogP contribution in [0.15, 0.2) is 18.2 Å². The van der Waals surface area contributed by atoms with E-state index in [1.807, 2.05) is 26.0 Å². The lowest BCUT2D eigenvalue weighted by Gasteiger charge is -2.15. The molecule has 0 heterocycles. The second-order valence-corrected chi connectivity index (χ2v) is 3.62. The summed E-state index contributed by atoms with van der Waals surface area (Å²) in [5.74, 6) is 0. The van der Waals surface area contributed by atoms with E-state index in [9.17, 15) is 0 Å². The Bertz CT molecular complexity index is 384. The first kappa shape index (κ1) is 12.3. The summed E-state index contributed by atoms with van der Waals surface area (Å²) >= 11 is 0. The van der Waals surface area contributed by atoms with Gasteiger partial charge in [-0.05, 0) is 32.0 Å². The van der Waals surface area contributed by atoms with Crippen LogP contribution in [0.3, 0.4) is 0 Å². The first-order valence-corrected chi connectivity index (χ1v) is 5.31. The molecular weight excluding hydrogens is 202 g/mol. The molecule has 86 valence electrons. The van der Waals surface area contributed by atoms with E-state index in [-0.39, 0.29) is 6.04 Å². The van der Waals surface area contributed by atoms with Crippen LogP contribution < -0.4 is 11.1 Å². The zero-order valence-corrected chi connectivity index (χ0v) is 9.66. The number of hydrogen-bond donors (Lipinski definition) is 2. The van der Waals surface area contributed by atoms with Gasteiger partial charge in [0, 0.05) is 18.3 Å². The number of nitriles is 1. The second-order valence-electron chi connectivity index (χ2n) is 3.62. The number of nitrogens with one attached hydrogen (secondary N) is 1. The number of nitrogen functional groups attached to an aromatic ring is 1. The van der Waals surface area contributed by atoms with Crippen LogP contribution in [0.2, 0.25) is 0 Å². The third kappa shape index (κ3) is 3.44. The lowest BCUT2D eigenvalue weighted by atomic mass is 10.1. The zero-order chi connectivity index (χ0) is 12.0. The van der Waals surface area contributed by atoms with Gasteiger partial charge in [-0.25, -0.2) is 0 Å². The van der Waals surface area contributed by atoms with Crippen LogP contribution in [0.4, 0.5) is 11.4 Å². The lowest BCUT2D eigenvalue weighted by molar-refractivity contribution is 0.141. The van der Waals surface area contributed by atoms with Crippen molar-refractivity contribution < 1.29 is 4.74 Å². The fourth-order valence-electron chi connectivity index (χ4n) is 1.38. The van der Waals surface area contributed by atoms with Crippen molar-refractivity contribution in [2.45, 2.75) is 19.9 Å². The number of benzene rings is 1. The number of nitrogens with zero attached hydrogens (tertiary/aromatic N) is 1. The van der Waals surface area contributed by atoms with Gasteiger partial charge in [-0.2, -0.15) is 5.26 Å². The first-order valence-electron chi connectivity index (χ1n) is 5.31. The maximum atomic E-state index is 8.74. The van der Waals surface area contributed by atoms with Crippen LogP contribution in [0.25, 0.3) is 0 Å². The third-order valence-corrected chi connectivity index (χ3v) is 2.16. The van der Waals surface area contributed by atoms with Crippen LogP contribution in [-0.4, -0.2) is 19.3 Å². The van der Waals surface area contributed by atoms with Crippen molar-refractivity contribution in [3.05, 3.63) is 23.8 Å². The monoisotopic (exact) mass is 219 g/mol. The minimum absolute atomic E-state index is 0.215. The summed E-state index contributed by atoms with van der Waals surface area (Å²) in [7, 11) is 0. The molecule has 0 aliphatic rings. The highest BCUT2D eigenvalue weighted by Crippen LogP contribution is 2.17. The molecule has 0 spiro atoms. The Hall–Kier alpha value is -1.73. The van der Waals surface area contributed by atoms with E-state index in [4.69, 9.17) is 15.7 Å². The maximum Gasteiger partial charge on any atom is 0.101 e. The van der Waals surface area contributed by atoms with Gasteiger partial charge < -0.3 is 15.8 Å². The summed E-state index contributed by atoms with van der Waals surface area (Å²) in [4.78, 5) is 0. The van der Waals surface area contributed by atoms with Crippen molar-refractivity contribution in [2.75, 3.05) is 24.3 Å². The van der Waals surface area contributed by atoms with Gasteiger partial charge in [0.1, 0.15) is 6.07 Å². The topological polar surface area (TPSA) is 71.1 Å². The molecule has 0 aliphatic heterocycles. The summed E-state index contributed by atoms with van der Waals surface area (Å²) in [5.41, 5.74) is 7.62. The summed E-state index contributed by atoms with van der Waals surface area (Å²) in [6, 6.07) is 7.57. The molecular formula is C12H17N3O. The summed E-state index contributed by atoms with van der Waals surface area (Å²) in [6.45, 7) is 5.36. The fourth-order valence-corrected chi connectivity index (χ4v) is 1.38. The van der Waals surface area contributed by atoms with Gasteiger partial charge >= 0.3 is 0 Å². The van der Waals surface area contributed by atoms with E-state index < -0.39 is 0 Å². The maximum absolute atomic E-state index is 8.74. The van der Waals surface area contributed by atoms with Crippen LogP contribution >= 0.6 is 0 Å². The zero-order valence-electron chi connectivity index (χ0n) is 9.66. The molecule has 0 radical (unpaired) electrons. The van der Waals surface area contributed by atoms with Crippen LogP contribution in [0.5, 0.6) is 0 Å². The highest BCUT2D eigenvalue weighted by Gasteiger charge is 2.04. The Balaban J connectivity index is 2.61. The number of rotatable bonds is 5. The van der Waals surface area contributed by atoms with E-state index in [1.54, 1.807) is 12.1 Å². The normalized spacial score (nSPS) is 11.8. The van der Waals surface area contributed by atoms with Crippen molar-refractivity contribution in [3.8, 4) is 6.07 Å². The largest absolute Gasteiger partial charge is 0.398 e. The van der Waals surface area contributed by atoms with Crippen molar-refractivity contribution in [2.24, 2.45) is 0 Å². The minimum atomic E-state index is 0.215. The molecule has 1 unspecified atom stereocenters. The molecule has 0 aromatic heterocycles. The molecule has 0 aliphatic carbocycles. The van der Waals surface area contributed by atoms with E-state index in [0.29, 0.717) is 24.5 Å². The highest BCUT2D eigenvalue weighted by molar-refractivity contribution is 5.62. The molecule has 4 heteroatoms. The predicted molar refractivity (Wildman–Crippen MR) is 65.1 cm³/mol. The molecule has 4 nitrogen and oxygen atoms in total. The molecule has 16 heavy (non-hydrogen) atoms. The molecule has 1 aromatic rings. The van der Waals surface area contributed by atoms with E-state index >= 15 is 0 Å². The molecule has 1 atom stereocenters. The number of nitrogens with two attached hydrogens (primary N) is 1. The van der Waals surface area contributed by atoms with Gasteiger partial charge in [-0.15, -0.1) is 0 Å². The quantitative estimate of drug-likeness (QED) is 0.743. The third-order valence-electron chi connectivity index (χ3n) is 2.16. The standard InChI is InChI=1S/C12H17N3O/c1-3-16-8-9(2)15-11-5-4-10(7-13)12(14)6-11/h4-6,9,15H,3,8,14H2,1-2H3. The minimum Gasteiger partial charge on any atom is -0.398 e. The van der Waals surface area contributed by atoms with Gasteiger partial charge in [0.15, 0.2) is 0 Å². The van der Waals surface area contributed by atoms with Crippen LogP contribution in [0, 0.1) is 11.3 Å². The molecule has 3 N–H and O–H groups in total. The Labute approximate surface area is 96.0 Å². The Morgan fingerprint density at radius 1 is 1.56 bits per heavy atom. The van der Waals surface area contributed by atoms with Crippen LogP contribution in [0.1, 0.15) is 19.4 Å². The fraction of sp³-hybridized carbons (Fsp3) is 0.417. The molecule has 0 saturated carbocycles. The van der Waals surface area contributed by atoms with E-state index in [1.165, 1.54) is 0 Å². The molecule has 0 bridgehead atoms. The molecule has 0 amide bonds. The average molecular weight is 219 g/mol. The SMILES string of the molecule is CCOCC(C)Nc1ccc(C#N)c(N)c1. The van der Waals surface area contributed by atoms with E-state index in [0.717, 1.165) is 5.69 Å². The van der Waals surface area contributed by atoms with Gasteiger partial charge in [-0.1, -0.05) is 0 Å². The van der Waals surface area contributed by atoms with Crippen molar-refractivity contribution in [3.63, 3.8) is 0 Å². The first-order chi connectivity index (χ1) is 7.67. The number of hydrogen-bond acceptors (Lipinski definition) is 4. The highest BCUT2D eigenvalue weighted by atomic mass is 16.5. The second kappa shape index (κ2) is 5.99. The van der Waals surface area contributed by atoms with Gasteiger partial charge in [0.25, 0.3) is 0 Å². The Kier molecular flexibility index (Phi) is 4.62. The average Bonchev–Trinajstić information content (AvgIpc) is 2.26. The molecule has 0 fully saturated rings. The van der Waals surface area contributed by atoms with E-state index in [2.05, 4.69) is 5.32 Å². The molecule has 0 saturated heterocycles. The summed E-state index contributed by atoms with van der Waals surface area (Å²) in [5, 5.41) is 12.0. The van der Waals surface area contributed by atoms with Gasteiger partial charge in [-0.3, -0.25) is 0 Å². The number of anilines is 2. The van der Waals surface area contributed by atoms with Crippen LogP contribution in [-0.2, 0) is 4.74 Å². The molecule has 1 aromatic carbocycles. The summed E-state index contributed by atoms with van der Waals surface area (Å²) < 4.78 is 5.30. The number of ether oxygens (including phenoxy) is 1. The molecule has 1 rings (SSSR count). The smallest absolute Gasteiger partial charge is 0.101 e. The van der Waals surface area contributed by atoms with Gasteiger partial charge in [0.2, 0.25) is 0 Å². The van der Waals surface area contributed by atoms with Crippen molar-refractivity contribution in [1.29, 1.82) is 5.26 Å². The lowest BCUT2D eigenvalue weighted by Crippen LogP contribution is -2.21. The van der Waals surface area contributed by atoms with Gasteiger partial charge in [0.05, 0.1) is 17.9 Å². The predicted octanol–water partition coefficient (Wildman–Crippen LogP) is 1.98. The van der Waals surface area contributed by atoms with Crippen molar-refractivity contribution >= 4 is 11.4 Å². The van der Waals surface area contributed by atoms with Crippen molar-refractivity contribution in [1.82, 2.24) is 0 Å². The Morgan fingerprint density at radius 3 is 2.88 bits per heavy atom. The summed E-state index contributed by atoms with van der Waals surface area (Å²) in [6.07, 6.45) is 0. The Morgan fingerprint density at radius 2 is 2.31 bits per heavy atom.